The summed E-state index contributed by atoms with van der Waals surface area (Å²) in [6.07, 6.45) is 2.48. The maximum absolute atomic E-state index is 13.5. The average molecular weight is 415 g/mol. The van der Waals surface area contributed by atoms with E-state index in [4.69, 9.17) is 0 Å². The van der Waals surface area contributed by atoms with Crippen molar-refractivity contribution < 1.29 is 9.59 Å². The number of hydrogen-bond acceptors (Lipinski definition) is 3. The smallest absolute Gasteiger partial charge is 0.268 e. The zero-order valence-corrected chi connectivity index (χ0v) is 18.3. The molecule has 0 unspecified atom stereocenters. The number of carbonyl (C=O) groups excluding carboxylic acids is 2. The van der Waals surface area contributed by atoms with E-state index >= 15 is 0 Å². The molecule has 0 spiro atoms. The van der Waals surface area contributed by atoms with Crippen molar-refractivity contribution in [3.63, 3.8) is 0 Å². The van der Waals surface area contributed by atoms with E-state index in [9.17, 15) is 14.4 Å². The normalized spacial score (nSPS) is 14.8. The largest absolute Gasteiger partial charge is 0.322 e. The first kappa shape index (κ1) is 20.8. The quantitative estimate of drug-likeness (QED) is 0.665. The summed E-state index contributed by atoms with van der Waals surface area (Å²) in [6, 6.07) is 14.9. The first-order chi connectivity index (χ1) is 14.6. The number of fused-ring (bicyclic) bond motifs is 1. The SMILES string of the molecule is Cc1ccc(-n2cc3c(c(C(=O)Nc4cccc(C)c4)c2=O)CC(C)(C)CC3=O)cc1. The number of benzene rings is 2. The molecule has 0 atom stereocenters. The van der Waals surface area contributed by atoms with Gasteiger partial charge in [-0.3, -0.25) is 19.0 Å². The average Bonchev–Trinajstić information content (AvgIpc) is 2.67. The zero-order valence-electron chi connectivity index (χ0n) is 18.3. The molecule has 1 aromatic heterocycles. The number of ketones is 1. The van der Waals surface area contributed by atoms with E-state index < -0.39 is 11.5 Å². The van der Waals surface area contributed by atoms with E-state index in [-0.39, 0.29) is 16.8 Å². The van der Waals surface area contributed by atoms with Crippen LogP contribution in [-0.2, 0) is 6.42 Å². The Hall–Kier alpha value is -3.47. The monoisotopic (exact) mass is 414 g/mol. The van der Waals surface area contributed by atoms with Crippen molar-refractivity contribution >= 4 is 17.4 Å². The van der Waals surface area contributed by atoms with Crippen LogP contribution < -0.4 is 10.9 Å². The summed E-state index contributed by atoms with van der Waals surface area (Å²) in [4.78, 5) is 39.9. The molecule has 5 nitrogen and oxygen atoms in total. The van der Waals surface area contributed by atoms with Crippen LogP contribution in [0.15, 0.2) is 59.5 Å². The highest BCUT2D eigenvalue weighted by molar-refractivity contribution is 6.08. The van der Waals surface area contributed by atoms with Crippen LogP contribution in [0.4, 0.5) is 5.69 Å². The number of carbonyl (C=O) groups is 2. The van der Waals surface area contributed by atoms with Gasteiger partial charge in [-0.25, -0.2) is 0 Å². The van der Waals surface area contributed by atoms with Gasteiger partial charge in [-0.05, 0) is 61.1 Å². The van der Waals surface area contributed by atoms with Gasteiger partial charge in [0, 0.05) is 29.6 Å². The fourth-order valence-corrected chi connectivity index (χ4v) is 4.19. The number of anilines is 1. The summed E-state index contributed by atoms with van der Waals surface area (Å²) in [6.45, 7) is 7.88. The molecule has 1 aliphatic carbocycles. The number of rotatable bonds is 3. The topological polar surface area (TPSA) is 68.2 Å². The molecule has 1 N–H and O–H groups in total. The van der Waals surface area contributed by atoms with Crippen molar-refractivity contribution in [2.24, 2.45) is 5.41 Å². The fraction of sp³-hybridized carbons (Fsp3) is 0.269. The number of aromatic nitrogens is 1. The van der Waals surface area contributed by atoms with Crippen LogP contribution in [0.5, 0.6) is 0 Å². The predicted octanol–water partition coefficient (Wildman–Crippen LogP) is 4.86. The van der Waals surface area contributed by atoms with Gasteiger partial charge in [-0.15, -0.1) is 0 Å². The van der Waals surface area contributed by atoms with Gasteiger partial charge >= 0.3 is 0 Å². The molecule has 0 bridgehead atoms. The standard InChI is InChI=1S/C26H26N2O3/c1-16-8-10-19(11-9-16)28-15-21-20(13-26(3,4)14-22(21)29)23(25(28)31)24(30)27-18-7-5-6-17(2)12-18/h5-12,15H,13-14H2,1-4H3,(H,27,30). The van der Waals surface area contributed by atoms with E-state index in [0.29, 0.717) is 35.3 Å². The lowest BCUT2D eigenvalue weighted by Crippen LogP contribution is -2.37. The van der Waals surface area contributed by atoms with E-state index in [1.165, 1.54) is 4.57 Å². The molecule has 4 rings (SSSR count). The summed E-state index contributed by atoms with van der Waals surface area (Å²) >= 11 is 0. The Balaban J connectivity index is 1.91. The number of nitrogens with zero attached hydrogens (tertiary/aromatic N) is 1. The Morgan fingerprint density at radius 3 is 2.35 bits per heavy atom. The van der Waals surface area contributed by atoms with Crippen LogP contribution >= 0.6 is 0 Å². The van der Waals surface area contributed by atoms with E-state index in [2.05, 4.69) is 5.32 Å². The highest BCUT2D eigenvalue weighted by Gasteiger charge is 2.36. The molecule has 0 fully saturated rings. The summed E-state index contributed by atoms with van der Waals surface area (Å²) < 4.78 is 1.42. The highest BCUT2D eigenvalue weighted by Crippen LogP contribution is 2.36. The summed E-state index contributed by atoms with van der Waals surface area (Å²) in [7, 11) is 0. The van der Waals surface area contributed by atoms with Crippen LogP contribution in [0.25, 0.3) is 5.69 Å². The van der Waals surface area contributed by atoms with Crippen molar-refractivity contribution in [2.75, 3.05) is 5.32 Å². The van der Waals surface area contributed by atoms with Crippen LogP contribution in [0.2, 0.25) is 0 Å². The van der Waals surface area contributed by atoms with Crippen molar-refractivity contribution in [3.05, 3.63) is 92.9 Å². The Bertz CT molecular complexity index is 1250. The highest BCUT2D eigenvalue weighted by atomic mass is 16.2. The molecule has 5 heteroatoms. The van der Waals surface area contributed by atoms with Crippen LogP contribution in [-0.4, -0.2) is 16.3 Å². The molecule has 1 aliphatic rings. The maximum Gasteiger partial charge on any atom is 0.268 e. The third-order valence-corrected chi connectivity index (χ3v) is 5.73. The van der Waals surface area contributed by atoms with Gasteiger partial charge in [0.25, 0.3) is 11.5 Å². The number of nitrogens with one attached hydrogen (secondary N) is 1. The molecule has 31 heavy (non-hydrogen) atoms. The molecule has 0 saturated heterocycles. The van der Waals surface area contributed by atoms with E-state index in [0.717, 1.165) is 11.1 Å². The van der Waals surface area contributed by atoms with Crippen molar-refractivity contribution in [2.45, 2.75) is 40.5 Å². The molecule has 2 aromatic carbocycles. The molecule has 1 heterocycles. The fourth-order valence-electron chi connectivity index (χ4n) is 4.19. The lowest BCUT2D eigenvalue weighted by atomic mass is 9.73. The Kier molecular flexibility index (Phi) is 5.13. The number of pyridine rings is 1. The van der Waals surface area contributed by atoms with Gasteiger partial charge in [-0.1, -0.05) is 43.7 Å². The van der Waals surface area contributed by atoms with Crippen LogP contribution in [0.1, 0.15) is 57.7 Å². The third kappa shape index (κ3) is 4.08. The number of aryl methyl sites for hydroxylation is 2. The van der Waals surface area contributed by atoms with Crippen LogP contribution in [0.3, 0.4) is 0 Å². The van der Waals surface area contributed by atoms with Gasteiger partial charge < -0.3 is 5.32 Å². The van der Waals surface area contributed by atoms with Gasteiger partial charge in [0.15, 0.2) is 5.78 Å². The minimum atomic E-state index is -0.487. The molecule has 1 amide bonds. The Labute approximate surface area is 181 Å². The number of amides is 1. The third-order valence-electron chi connectivity index (χ3n) is 5.73. The second kappa shape index (κ2) is 7.65. The minimum Gasteiger partial charge on any atom is -0.322 e. The lowest BCUT2D eigenvalue weighted by Gasteiger charge is -2.31. The first-order valence-corrected chi connectivity index (χ1v) is 10.4. The molecular formula is C26H26N2O3. The van der Waals surface area contributed by atoms with Crippen molar-refractivity contribution in [1.29, 1.82) is 0 Å². The second-order valence-electron chi connectivity index (χ2n) is 9.17. The van der Waals surface area contributed by atoms with Gasteiger partial charge in [0.1, 0.15) is 5.56 Å². The summed E-state index contributed by atoms with van der Waals surface area (Å²) in [5, 5.41) is 2.86. The van der Waals surface area contributed by atoms with E-state index in [1.807, 2.05) is 70.2 Å². The predicted molar refractivity (Wildman–Crippen MR) is 122 cm³/mol. The maximum atomic E-state index is 13.5. The molecular weight excluding hydrogens is 388 g/mol. The van der Waals surface area contributed by atoms with Crippen molar-refractivity contribution in [1.82, 2.24) is 4.57 Å². The van der Waals surface area contributed by atoms with Crippen LogP contribution in [0, 0.1) is 19.3 Å². The Morgan fingerprint density at radius 2 is 1.68 bits per heavy atom. The van der Waals surface area contributed by atoms with Gasteiger partial charge in [0.05, 0.1) is 0 Å². The molecule has 0 saturated carbocycles. The first-order valence-electron chi connectivity index (χ1n) is 10.4. The Morgan fingerprint density at radius 1 is 0.968 bits per heavy atom. The van der Waals surface area contributed by atoms with Gasteiger partial charge in [0.2, 0.25) is 0 Å². The molecule has 158 valence electrons. The van der Waals surface area contributed by atoms with Crippen molar-refractivity contribution in [3.8, 4) is 5.69 Å². The molecule has 3 aromatic rings. The van der Waals surface area contributed by atoms with E-state index in [1.54, 1.807) is 12.3 Å². The zero-order chi connectivity index (χ0) is 22.3. The number of Topliss-reactive ketones (excluding diaryl/α,β-unsaturated/α-hetero) is 1. The summed E-state index contributed by atoms with van der Waals surface area (Å²) in [5.41, 5.74) is 3.61. The number of hydrogen-bond donors (Lipinski definition) is 1. The molecule has 0 aliphatic heterocycles. The minimum absolute atomic E-state index is 0.0423. The lowest BCUT2D eigenvalue weighted by molar-refractivity contribution is 0.0910. The second-order valence-corrected chi connectivity index (χ2v) is 9.17. The summed E-state index contributed by atoms with van der Waals surface area (Å²) in [5.74, 6) is -0.532. The van der Waals surface area contributed by atoms with Gasteiger partial charge in [-0.2, -0.15) is 0 Å². The molecule has 0 radical (unpaired) electrons.